The van der Waals surface area contributed by atoms with Crippen molar-refractivity contribution in [2.45, 2.75) is 6.54 Å². The molecule has 1 aromatic heterocycles. The zero-order valence-electron chi connectivity index (χ0n) is 8.16. The van der Waals surface area contributed by atoms with Gasteiger partial charge in [0.15, 0.2) is 0 Å². The summed E-state index contributed by atoms with van der Waals surface area (Å²) in [5.41, 5.74) is 0. The maximum atomic E-state index is 11.0. The summed E-state index contributed by atoms with van der Waals surface area (Å²) >= 11 is 7.07. The first-order valence-corrected chi connectivity index (χ1v) is 7.10. The van der Waals surface area contributed by atoms with E-state index >= 15 is 0 Å². The van der Waals surface area contributed by atoms with Crippen molar-refractivity contribution in [3.05, 3.63) is 15.5 Å². The molecule has 0 bridgehead atoms. The lowest BCUT2D eigenvalue weighted by molar-refractivity contribution is 0.583. The van der Waals surface area contributed by atoms with Gasteiger partial charge in [-0.2, -0.15) is 0 Å². The van der Waals surface area contributed by atoms with Gasteiger partial charge >= 0.3 is 0 Å². The molecule has 8 heteroatoms. The number of nitrogens with one attached hydrogen (secondary N) is 2. The molecule has 0 atom stereocenters. The molecule has 1 rings (SSSR count). The number of rotatable bonds is 6. The summed E-state index contributed by atoms with van der Waals surface area (Å²) < 4.78 is 24.9. The van der Waals surface area contributed by atoms with Crippen molar-refractivity contribution < 1.29 is 8.42 Å². The van der Waals surface area contributed by atoms with Crippen LogP contribution >= 0.6 is 22.9 Å². The Balaban J connectivity index is 2.23. The Morgan fingerprint density at radius 2 is 2.33 bits per heavy atom. The number of hydrogen-bond donors (Lipinski definition) is 2. The van der Waals surface area contributed by atoms with Crippen LogP contribution in [0.3, 0.4) is 0 Å². The zero-order chi connectivity index (χ0) is 11.3. The van der Waals surface area contributed by atoms with E-state index in [4.69, 9.17) is 11.6 Å². The molecule has 0 spiro atoms. The fraction of sp³-hybridized carbons (Fsp3) is 0.571. The second-order valence-corrected chi connectivity index (χ2v) is 6.55. The van der Waals surface area contributed by atoms with Crippen LogP contribution in [0.15, 0.2) is 6.20 Å². The standard InChI is InChI=1S/C7H12ClN3O2S2/c1-9-15(12,13)3-2-10-5-7-11-4-6(8)14-7/h4,9-10H,2-3,5H2,1H3. The van der Waals surface area contributed by atoms with Gasteiger partial charge < -0.3 is 5.32 Å². The lowest BCUT2D eigenvalue weighted by Crippen LogP contribution is -2.29. The van der Waals surface area contributed by atoms with Gasteiger partial charge in [-0.05, 0) is 7.05 Å². The van der Waals surface area contributed by atoms with E-state index in [0.29, 0.717) is 17.4 Å². The Morgan fingerprint density at radius 1 is 1.60 bits per heavy atom. The number of hydrogen-bond acceptors (Lipinski definition) is 5. The van der Waals surface area contributed by atoms with E-state index in [1.54, 1.807) is 6.20 Å². The van der Waals surface area contributed by atoms with Crippen LogP contribution in [0.25, 0.3) is 0 Å². The minimum atomic E-state index is -3.12. The van der Waals surface area contributed by atoms with Crippen molar-refractivity contribution in [2.75, 3.05) is 19.3 Å². The molecule has 1 aromatic rings. The number of thiazole rings is 1. The highest BCUT2D eigenvalue weighted by atomic mass is 35.5. The lowest BCUT2D eigenvalue weighted by atomic mass is 10.6. The van der Waals surface area contributed by atoms with E-state index in [1.807, 2.05) is 0 Å². The topological polar surface area (TPSA) is 71.1 Å². The van der Waals surface area contributed by atoms with Crippen LogP contribution in [-0.2, 0) is 16.6 Å². The van der Waals surface area contributed by atoms with E-state index in [1.165, 1.54) is 18.4 Å². The highest BCUT2D eigenvalue weighted by Gasteiger charge is 2.06. The Hall–Kier alpha value is -0.210. The monoisotopic (exact) mass is 269 g/mol. The maximum absolute atomic E-state index is 11.0. The van der Waals surface area contributed by atoms with Gasteiger partial charge in [0, 0.05) is 13.1 Å². The molecule has 86 valence electrons. The molecular formula is C7H12ClN3O2S2. The third-order valence-corrected chi connectivity index (χ3v) is 4.14. The molecule has 0 radical (unpaired) electrons. The van der Waals surface area contributed by atoms with Crippen molar-refractivity contribution in [1.82, 2.24) is 15.0 Å². The van der Waals surface area contributed by atoms with E-state index in [-0.39, 0.29) is 5.75 Å². The minimum Gasteiger partial charge on any atom is -0.309 e. The third kappa shape index (κ3) is 4.89. The van der Waals surface area contributed by atoms with Crippen molar-refractivity contribution in [3.8, 4) is 0 Å². The van der Waals surface area contributed by atoms with Gasteiger partial charge in [-0.25, -0.2) is 18.1 Å². The summed E-state index contributed by atoms with van der Waals surface area (Å²) in [7, 11) is -1.73. The van der Waals surface area contributed by atoms with Gasteiger partial charge in [-0.3, -0.25) is 0 Å². The van der Waals surface area contributed by atoms with Crippen LogP contribution in [0.2, 0.25) is 4.34 Å². The van der Waals surface area contributed by atoms with Gasteiger partial charge in [-0.15, -0.1) is 11.3 Å². The average Bonchev–Trinajstić information content (AvgIpc) is 2.59. The molecule has 0 saturated heterocycles. The Bertz CT molecular complexity index is 404. The first-order valence-electron chi connectivity index (χ1n) is 4.25. The smallest absolute Gasteiger partial charge is 0.212 e. The highest BCUT2D eigenvalue weighted by Crippen LogP contribution is 2.17. The average molecular weight is 270 g/mol. The fourth-order valence-electron chi connectivity index (χ4n) is 0.874. The predicted octanol–water partition coefficient (Wildman–Crippen LogP) is 0.435. The maximum Gasteiger partial charge on any atom is 0.212 e. The molecule has 5 nitrogen and oxygen atoms in total. The highest BCUT2D eigenvalue weighted by molar-refractivity contribution is 7.89. The molecular weight excluding hydrogens is 258 g/mol. The van der Waals surface area contributed by atoms with Crippen molar-refractivity contribution in [3.63, 3.8) is 0 Å². The molecule has 0 aliphatic rings. The van der Waals surface area contributed by atoms with Gasteiger partial charge in [0.1, 0.15) is 9.34 Å². The molecule has 0 aliphatic heterocycles. The SMILES string of the molecule is CNS(=O)(=O)CCNCc1ncc(Cl)s1. The van der Waals surface area contributed by atoms with Crippen LogP contribution in [0.4, 0.5) is 0 Å². The summed E-state index contributed by atoms with van der Waals surface area (Å²) in [5, 5.41) is 3.82. The van der Waals surface area contributed by atoms with Gasteiger partial charge in [0.05, 0.1) is 11.9 Å². The third-order valence-electron chi connectivity index (χ3n) is 1.66. The van der Waals surface area contributed by atoms with Crippen molar-refractivity contribution >= 4 is 33.0 Å². The van der Waals surface area contributed by atoms with Crippen LogP contribution in [0.1, 0.15) is 5.01 Å². The quantitative estimate of drug-likeness (QED) is 0.735. The van der Waals surface area contributed by atoms with Crippen molar-refractivity contribution in [1.29, 1.82) is 0 Å². The van der Waals surface area contributed by atoms with Gasteiger partial charge in [0.2, 0.25) is 10.0 Å². The molecule has 1 heterocycles. The normalized spacial score (nSPS) is 11.9. The van der Waals surface area contributed by atoms with E-state index in [0.717, 1.165) is 5.01 Å². The van der Waals surface area contributed by atoms with E-state index in [2.05, 4.69) is 15.0 Å². The second kappa shape index (κ2) is 5.76. The first-order chi connectivity index (χ1) is 7.03. The van der Waals surface area contributed by atoms with Crippen LogP contribution < -0.4 is 10.0 Å². The largest absolute Gasteiger partial charge is 0.309 e. The van der Waals surface area contributed by atoms with Gasteiger partial charge in [-0.1, -0.05) is 11.6 Å². The van der Waals surface area contributed by atoms with E-state index in [9.17, 15) is 8.42 Å². The predicted molar refractivity (Wildman–Crippen MR) is 61.7 cm³/mol. The first kappa shape index (κ1) is 12.9. The Morgan fingerprint density at radius 3 is 2.87 bits per heavy atom. The van der Waals surface area contributed by atoms with Crippen molar-refractivity contribution in [2.24, 2.45) is 0 Å². The summed E-state index contributed by atoms with van der Waals surface area (Å²) in [4.78, 5) is 4.03. The second-order valence-electron chi connectivity index (χ2n) is 2.76. The molecule has 15 heavy (non-hydrogen) atoms. The zero-order valence-corrected chi connectivity index (χ0v) is 10.5. The Labute approximate surface area is 97.9 Å². The van der Waals surface area contributed by atoms with Crippen LogP contribution in [0, 0.1) is 0 Å². The lowest BCUT2D eigenvalue weighted by Gasteiger charge is -2.02. The fourth-order valence-corrected chi connectivity index (χ4v) is 2.42. The minimum absolute atomic E-state index is 0.0581. The molecule has 0 unspecified atom stereocenters. The summed E-state index contributed by atoms with van der Waals surface area (Å²) in [6.07, 6.45) is 1.58. The molecule has 0 saturated carbocycles. The number of sulfonamides is 1. The van der Waals surface area contributed by atoms with Crippen LogP contribution in [-0.4, -0.2) is 32.7 Å². The molecule has 0 fully saturated rings. The summed E-state index contributed by atoms with van der Waals surface area (Å²) in [6.45, 7) is 0.928. The molecule has 0 amide bonds. The Kier molecular flexibility index (Phi) is 4.94. The number of halogens is 1. The number of aromatic nitrogens is 1. The molecule has 0 aliphatic carbocycles. The van der Waals surface area contributed by atoms with Gasteiger partial charge in [0.25, 0.3) is 0 Å². The molecule has 2 N–H and O–H groups in total. The summed E-state index contributed by atoms with van der Waals surface area (Å²) in [5.74, 6) is 0.0581. The molecule has 0 aromatic carbocycles. The van der Waals surface area contributed by atoms with Crippen LogP contribution in [0.5, 0.6) is 0 Å². The van der Waals surface area contributed by atoms with E-state index < -0.39 is 10.0 Å². The summed E-state index contributed by atoms with van der Waals surface area (Å²) in [6, 6.07) is 0. The number of nitrogens with zero attached hydrogens (tertiary/aromatic N) is 1.